The molecule has 0 heterocycles. The second kappa shape index (κ2) is 5.66. The molecule has 0 bridgehead atoms. The molecule has 2 aromatic rings. The number of benzene rings is 2. The molecule has 0 spiro atoms. The van der Waals surface area contributed by atoms with E-state index in [-0.39, 0.29) is 11.9 Å². The van der Waals surface area contributed by atoms with Crippen LogP contribution in [-0.2, 0) is 17.6 Å². The van der Waals surface area contributed by atoms with Crippen LogP contribution >= 0.6 is 0 Å². The topological polar surface area (TPSA) is 29.1 Å². The van der Waals surface area contributed by atoms with E-state index in [0.717, 1.165) is 25.7 Å². The van der Waals surface area contributed by atoms with Crippen LogP contribution in [0.1, 0.15) is 37.3 Å². The van der Waals surface area contributed by atoms with Crippen molar-refractivity contribution in [3.05, 3.63) is 47.5 Å². The van der Waals surface area contributed by atoms with Gasteiger partial charge in [-0.05, 0) is 41.2 Å². The highest BCUT2D eigenvalue weighted by molar-refractivity contribution is 5.90. The summed E-state index contributed by atoms with van der Waals surface area (Å²) in [5, 5.41) is 5.91. The van der Waals surface area contributed by atoms with E-state index in [4.69, 9.17) is 0 Å². The van der Waals surface area contributed by atoms with Gasteiger partial charge in [0.25, 0.3) is 0 Å². The van der Waals surface area contributed by atoms with Crippen molar-refractivity contribution in [3.63, 3.8) is 0 Å². The first kappa shape index (κ1) is 13.2. The maximum absolute atomic E-state index is 11.9. The molecular weight excluding hydrogens is 246 g/mol. The van der Waals surface area contributed by atoms with E-state index in [0.29, 0.717) is 6.42 Å². The SMILES string of the molecule is CCCCC(=O)NC1Cc2cccc3cccc(c23)C1. The van der Waals surface area contributed by atoms with Crippen molar-refractivity contribution >= 4 is 16.7 Å². The summed E-state index contributed by atoms with van der Waals surface area (Å²) in [6.45, 7) is 2.12. The number of carbonyl (C=O) groups is 1. The van der Waals surface area contributed by atoms with E-state index < -0.39 is 0 Å². The summed E-state index contributed by atoms with van der Waals surface area (Å²) >= 11 is 0. The Morgan fingerprint density at radius 1 is 1.15 bits per heavy atom. The Morgan fingerprint density at radius 3 is 2.40 bits per heavy atom. The summed E-state index contributed by atoms with van der Waals surface area (Å²) in [4.78, 5) is 11.9. The first-order chi connectivity index (χ1) is 9.78. The van der Waals surface area contributed by atoms with Crippen LogP contribution in [0.15, 0.2) is 36.4 Å². The van der Waals surface area contributed by atoms with Gasteiger partial charge in [-0.25, -0.2) is 0 Å². The van der Waals surface area contributed by atoms with Gasteiger partial charge >= 0.3 is 0 Å². The lowest BCUT2D eigenvalue weighted by atomic mass is 9.85. The molecule has 104 valence electrons. The van der Waals surface area contributed by atoms with Gasteiger partial charge in [-0.15, -0.1) is 0 Å². The molecule has 2 nitrogen and oxygen atoms in total. The Morgan fingerprint density at radius 2 is 1.80 bits per heavy atom. The summed E-state index contributed by atoms with van der Waals surface area (Å²) in [6.07, 6.45) is 4.60. The molecule has 2 heteroatoms. The lowest BCUT2D eigenvalue weighted by Gasteiger charge is -2.26. The van der Waals surface area contributed by atoms with Crippen molar-refractivity contribution in [2.45, 2.75) is 45.1 Å². The molecule has 0 saturated carbocycles. The van der Waals surface area contributed by atoms with Crippen LogP contribution in [0.25, 0.3) is 10.8 Å². The van der Waals surface area contributed by atoms with E-state index in [1.54, 1.807) is 0 Å². The molecule has 20 heavy (non-hydrogen) atoms. The van der Waals surface area contributed by atoms with Crippen LogP contribution in [0.5, 0.6) is 0 Å². The van der Waals surface area contributed by atoms with Crippen LogP contribution in [0, 0.1) is 0 Å². The van der Waals surface area contributed by atoms with Crippen molar-refractivity contribution in [3.8, 4) is 0 Å². The van der Waals surface area contributed by atoms with Crippen LogP contribution in [0.2, 0.25) is 0 Å². The molecule has 0 saturated heterocycles. The van der Waals surface area contributed by atoms with Gasteiger partial charge in [-0.3, -0.25) is 4.79 Å². The largest absolute Gasteiger partial charge is 0.353 e. The first-order valence-electron chi connectivity index (χ1n) is 7.57. The number of carbonyl (C=O) groups excluding carboxylic acids is 1. The molecule has 0 unspecified atom stereocenters. The Balaban J connectivity index is 1.79. The Labute approximate surface area is 120 Å². The smallest absolute Gasteiger partial charge is 0.220 e. The van der Waals surface area contributed by atoms with E-state index in [1.807, 2.05) is 0 Å². The van der Waals surface area contributed by atoms with Gasteiger partial charge in [0.15, 0.2) is 0 Å². The number of amides is 1. The molecule has 1 amide bonds. The van der Waals surface area contributed by atoms with Gasteiger partial charge in [0, 0.05) is 12.5 Å². The van der Waals surface area contributed by atoms with Crippen molar-refractivity contribution in [1.29, 1.82) is 0 Å². The van der Waals surface area contributed by atoms with Crippen LogP contribution in [-0.4, -0.2) is 11.9 Å². The number of hydrogen-bond acceptors (Lipinski definition) is 1. The highest BCUT2D eigenvalue weighted by Gasteiger charge is 2.21. The van der Waals surface area contributed by atoms with Crippen LogP contribution in [0.4, 0.5) is 0 Å². The normalized spacial score (nSPS) is 14.4. The molecular formula is C18H21NO. The number of nitrogens with one attached hydrogen (secondary N) is 1. The van der Waals surface area contributed by atoms with Crippen LogP contribution in [0.3, 0.4) is 0 Å². The summed E-state index contributed by atoms with van der Waals surface area (Å²) < 4.78 is 0. The summed E-state index contributed by atoms with van der Waals surface area (Å²) in [6, 6.07) is 13.2. The lowest BCUT2D eigenvalue weighted by molar-refractivity contribution is -0.121. The third kappa shape index (κ3) is 2.55. The third-order valence-electron chi connectivity index (χ3n) is 4.13. The average molecular weight is 267 g/mol. The van der Waals surface area contributed by atoms with Gasteiger partial charge in [0.1, 0.15) is 0 Å². The maximum Gasteiger partial charge on any atom is 0.220 e. The second-order valence-electron chi connectivity index (χ2n) is 5.71. The van der Waals surface area contributed by atoms with E-state index in [9.17, 15) is 4.79 Å². The lowest BCUT2D eigenvalue weighted by Crippen LogP contribution is -2.39. The molecule has 1 aliphatic rings. The molecule has 0 fully saturated rings. The minimum atomic E-state index is 0.198. The summed E-state index contributed by atoms with van der Waals surface area (Å²) in [5.41, 5.74) is 2.73. The minimum absolute atomic E-state index is 0.198. The van der Waals surface area contributed by atoms with Gasteiger partial charge in [-0.2, -0.15) is 0 Å². The van der Waals surface area contributed by atoms with E-state index >= 15 is 0 Å². The maximum atomic E-state index is 11.9. The van der Waals surface area contributed by atoms with Crippen LogP contribution < -0.4 is 5.32 Å². The highest BCUT2D eigenvalue weighted by atomic mass is 16.1. The van der Waals surface area contributed by atoms with Crippen molar-refractivity contribution in [2.24, 2.45) is 0 Å². The van der Waals surface area contributed by atoms with Crippen molar-refractivity contribution in [2.75, 3.05) is 0 Å². The number of hydrogen-bond donors (Lipinski definition) is 1. The van der Waals surface area contributed by atoms with Gasteiger partial charge in [0.2, 0.25) is 5.91 Å². The Bertz CT molecular complexity index is 592. The zero-order chi connectivity index (χ0) is 13.9. The number of rotatable bonds is 4. The number of unbranched alkanes of at least 4 members (excludes halogenated alkanes) is 1. The van der Waals surface area contributed by atoms with Crippen molar-refractivity contribution in [1.82, 2.24) is 5.32 Å². The predicted molar refractivity (Wildman–Crippen MR) is 82.8 cm³/mol. The molecule has 3 rings (SSSR count). The fourth-order valence-corrected chi connectivity index (χ4v) is 3.18. The molecule has 1 aliphatic carbocycles. The molecule has 0 aliphatic heterocycles. The Hall–Kier alpha value is -1.83. The molecule has 2 aromatic carbocycles. The highest BCUT2D eigenvalue weighted by Crippen LogP contribution is 2.29. The summed E-state index contributed by atoms with van der Waals surface area (Å²) in [5.74, 6) is 0.198. The van der Waals surface area contributed by atoms with E-state index in [2.05, 4.69) is 48.6 Å². The van der Waals surface area contributed by atoms with Gasteiger partial charge < -0.3 is 5.32 Å². The molecule has 0 aromatic heterocycles. The fraction of sp³-hybridized carbons (Fsp3) is 0.389. The third-order valence-corrected chi connectivity index (χ3v) is 4.13. The molecule has 1 N–H and O–H groups in total. The quantitative estimate of drug-likeness (QED) is 0.900. The zero-order valence-electron chi connectivity index (χ0n) is 12.0. The summed E-state index contributed by atoms with van der Waals surface area (Å²) in [7, 11) is 0. The monoisotopic (exact) mass is 267 g/mol. The predicted octanol–water partition coefficient (Wildman–Crippen LogP) is 3.61. The minimum Gasteiger partial charge on any atom is -0.353 e. The standard InChI is InChI=1S/C18H21NO/c1-2-3-10-17(20)19-16-11-14-8-4-6-13-7-5-9-15(12-16)18(13)14/h4-9,16H,2-3,10-12H2,1H3,(H,19,20). The van der Waals surface area contributed by atoms with Gasteiger partial charge in [0.05, 0.1) is 0 Å². The average Bonchev–Trinajstić information content (AvgIpc) is 2.45. The molecule has 0 radical (unpaired) electrons. The second-order valence-corrected chi connectivity index (χ2v) is 5.71. The fourth-order valence-electron chi connectivity index (χ4n) is 3.18. The Kier molecular flexibility index (Phi) is 3.72. The zero-order valence-corrected chi connectivity index (χ0v) is 12.0. The van der Waals surface area contributed by atoms with Crippen molar-refractivity contribution < 1.29 is 4.79 Å². The first-order valence-corrected chi connectivity index (χ1v) is 7.57. The van der Waals surface area contributed by atoms with E-state index in [1.165, 1.54) is 21.9 Å². The molecule has 0 atom stereocenters. The van der Waals surface area contributed by atoms with Gasteiger partial charge in [-0.1, -0.05) is 49.7 Å².